The van der Waals surface area contributed by atoms with E-state index < -0.39 is 5.82 Å². The smallest absolute Gasteiger partial charge is 0.252 e. The third-order valence-corrected chi connectivity index (χ3v) is 3.00. The molecule has 1 aromatic rings. The summed E-state index contributed by atoms with van der Waals surface area (Å²) in [5, 5.41) is 11.5. The Labute approximate surface area is 125 Å². The van der Waals surface area contributed by atoms with Crippen molar-refractivity contribution in [2.45, 2.75) is 39.0 Å². The molecule has 0 aromatic heterocycles. The van der Waals surface area contributed by atoms with Crippen molar-refractivity contribution in [2.75, 3.05) is 13.2 Å². The van der Waals surface area contributed by atoms with Crippen LogP contribution in [0.15, 0.2) is 18.2 Å². The van der Waals surface area contributed by atoms with Gasteiger partial charge in [0.1, 0.15) is 5.82 Å². The maximum absolute atomic E-state index is 13.3. The SMILES string of the molecule is CCCCCCNC(=O)c1ccc(F)cc1C#CCCO. The highest BCUT2D eigenvalue weighted by molar-refractivity contribution is 5.96. The Bertz CT molecular complexity index is 517. The number of carbonyl (C=O) groups is 1. The van der Waals surface area contributed by atoms with Crippen molar-refractivity contribution in [3.05, 3.63) is 35.1 Å². The highest BCUT2D eigenvalue weighted by atomic mass is 19.1. The Balaban J connectivity index is 2.68. The summed E-state index contributed by atoms with van der Waals surface area (Å²) in [6.07, 6.45) is 4.63. The number of halogens is 1. The first kappa shape index (κ1) is 17.2. The molecule has 0 aliphatic heterocycles. The fraction of sp³-hybridized carbons (Fsp3) is 0.471. The molecular formula is C17H22FNO2. The molecule has 4 heteroatoms. The van der Waals surface area contributed by atoms with Gasteiger partial charge in [0.05, 0.1) is 12.2 Å². The minimum atomic E-state index is -0.428. The van der Waals surface area contributed by atoms with Crippen LogP contribution in [0.25, 0.3) is 0 Å². The van der Waals surface area contributed by atoms with Crippen LogP contribution in [0, 0.1) is 17.7 Å². The quantitative estimate of drug-likeness (QED) is 0.599. The van der Waals surface area contributed by atoms with Crippen LogP contribution in [-0.4, -0.2) is 24.2 Å². The number of amides is 1. The third kappa shape index (κ3) is 6.42. The number of aliphatic hydroxyl groups excluding tert-OH is 1. The van der Waals surface area contributed by atoms with Gasteiger partial charge in [0.2, 0.25) is 0 Å². The van der Waals surface area contributed by atoms with Crippen LogP contribution in [0.1, 0.15) is 54.9 Å². The van der Waals surface area contributed by atoms with E-state index in [9.17, 15) is 9.18 Å². The van der Waals surface area contributed by atoms with Crippen LogP contribution >= 0.6 is 0 Å². The van der Waals surface area contributed by atoms with Crippen molar-refractivity contribution < 1.29 is 14.3 Å². The second-order valence-electron chi connectivity index (χ2n) is 4.78. The summed E-state index contributed by atoms with van der Waals surface area (Å²) in [7, 11) is 0. The summed E-state index contributed by atoms with van der Waals surface area (Å²) in [4.78, 5) is 12.1. The molecular weight excluding hydrogens is 269 g/mol. The normalized spacial score (nSPS) is 9.86. The molecule has 1 amide bonds. The lowest BCUT2D eigenvalue weighted by atomic mass is 10.1. The van der Waals surface area contributed by atoms with Gasteiger partial charge in [-0.2, -0.15) is 0 Å². The predicted octanol–water partition coefficient (Wildman–Crippen LogP) is 2.87. The molecule has 0 aliphatic rings. The number of benzene rings is 1. The van der Waals surface area contributed by atoms with Crippen molar-refractivity contribution in [1.29, 1.82) is 0 Å². The lowest BCUT2D eigenvalue weighted by Crippen LogP contribution is -2.25. The van der Waals surface area contributed by atoms with E-state index in [2.05, 4.69) is 24.1 Å². The minimum absolute atomic E-state index is 0.0543. The van der Waals surface area contributed by atoms with Gasteiger partial charge < -0.3 is 10.4 Å². The van der Waals surface area contributed by atoms with Gasteiger partial charge in [-0.3, -0.25) is 4.79 Å². The van der Waals surface area contributed by atoms with E-state index in [0.29, 0.717) is 24.1 Å². The highest BCUT2D eigenvalue weighted by Gasteiger charge is 2.10. The first-order chi connectivity index (χ1) is 10.2. The van der Waals surface area contributed by atoms with Crippen LogP contribution in [0.2, 0.25) is 0 Å². The Morgan fingerprint density at radius 2 is 2.14 bits per heavy atom. The summed E-state index contributed by atoms with van der Waals surface area (Å²) >= 11 is 0. The Kier molecular flexibility index (Phi) is 8.15. The van der Waals surface area contributed by atoms with Crippen LogP contribution in [0.5, 0.6) is 0 Å². The molecule has 0 unspecified atom stereocenters. The zero-order valence-electron chi connectivity index (χ0n) is 12.4. The van der Waals surface area contributed by atoms with Gasteiger partial charge in [0.15, 0.2) is 0 Å². The molecule has 0 atom stereocenters. The first-order valence-electron chi connectivity index (χ1n) is 7.36. The number of hydrogen-bond acceptors (Lipinski definition) is 2. The summed E-state index contributed by atoms with van der Waals surface area (Å²) in [5.74, 6) is 4.78. The zero-order chi connectivity index (χ0) is 15.5. The van der Waals surface area contributed by atoms with E-state index in [1.165, 1.54) is 18.2 Å². The van der Waals surface area contributed by atoms with Crippen molar-refractivity contribution in [3.63, 3.8) is 0 Å². The van der Waals surface area contributed by atoms with Crippen LogP contribution in [-0.2, 0) is 0 Å². The fourth-order valence-corrected chi connectivity index (χ4v) is 1.88. The van der Waals surface area contributed by atoms with Crippen LogP contribution < -0.4 is 5.32 Å². The van der Waals surface area contributed by atoms with Gasteiger partial charge in [0.25, 0.3) is 5.91 Å². The summed E-state index contributed by atoms with van der Waals surface area (Å²) < 4.78 is 13.3. The van der Waals surface area contributed by atoms with Gasteiger partial charge in [-0.05, 0) is 24.6 Å². The molecule has 21 heavy (non-hydrogen) atoms. The fourth-order valence-electron chi connectivity index (χ4n) is 1.88. The van der Waals surface area contributed by atoms with Crippen molar-refractivity contribution in [2.24, 2.45) is 0 Å². The minimum Gasteiger partial charge on any atom is -0.395 e. The summed E-state index contributed by atoms with van der Waals surface area (Å²) in [5.41, 5.74) is 0.729. The van der Waals surface area contributed by atoms with Gasteiger partial charge in [0, 0.05) is 18.5 Å². The summed E-state index contributed by atoms with van der Waals surface area (Å²) in [6.45, 7) is 2.69. The molecule has 0 saturated heterocycles. The van der Waals surface area contributed by atoms with E-state index in [-0.39, 0.29) is 12.5 Å². The second-order valence-corrected chi connectivity index (χ2v) is 4.78. The van der Waals surface area contributed by atoms with Crippen molar-refractivity contribution in [1.82, 2.24) is 5.32 Å². The number of unbranched alkanes of at least 4 members (excludes halogenated alkanes) is 3. The molecule has 0 heterocycles. The predicted molar refractivity (Wildman–Crippen MR) is 81.5 cm³/mol. The van der Waals surface area contributed by atoms with Gasteiger partial charge in [-0.1, -0.05) is 38.0 Å². The number of aliphatic hydroxyl groups is 1. The van der Waals surface area contributed by atoms with Gasteiger partial charge in [-0.25, -0.2) is 4.39 Å². The van der Waals surface area contributed by atoms with E-state index in [4.69, 9.17) is 5.11 Å². The molecule has 3 nitrogen and oxygen atoms in total. The van der Waals surface area contributed by atoms with Gasteiger partial charge >= 0.3 is 0 Å². The third-order valence-electron chi connectivity index (χ3n) is 3.00. The number of nitrogens with one attached hydrogen (secondary N) is 1. The molecule has 1 rings (SSSR count). The average molecular weight is 291 g/mol. The van der Waals surface area contributed by atoms with E-state index in [0.717, 1.165) is 25.7 Å². The first-order valence-corrected chi connectivity index (χ1v) is 7.36. The monoisotopic (exact) mass is 291 g/mol. The molecule has 0 aliphatic carbocycles. The highest BCUT2D eigenvalue weighted by Crippen LogP contribution is 2.10. The van der Waals surface area contributed by atoms with E-state index >= 15 is 0 Å². The molecule has 114 valence electrons. The van der Waals surface area contributed by atoms with Crippen LogP contribution in [0.4, 0.5) is 4.39 Å². The molecule has 0 bridgehead atoms. The Hall–Kier alpha value is -1.86. The van der Waals surface area contributed by atoms with E-state index in [1.54, 1.807) is 0 Å². The largest absolute Gasteiger partial charge is 0.395 e. The number of rotatable bonds is 7. The van der Waals surface area contributed by atoms with Crippen molar-refractivity contribution >= 4 is 5.91 Å². The van der Waals surface area contributed by atoms with E-state index in [1.807, 2.05) is 0 Å². The maximum Gasteiger partial charge on any atom is 0.252 e. The standard InChI is InChI=1S/C17H22FNO2/c1-2-3-4-6-11-19-17(21)16-10-9-15(18)13-14(16)8-5-7-12-20/h9-10,13,20H,2-4,6-7,11-12H2,1H3,(H,19,21). The lowest BCUT2D eigenvalue weighted by molar-refractivity contribution is 0.0952. The summed E-state index contributed by atoms with van der Waals surface area (Å²) in [6, 6.07) is 3.94. The van der Waals surface area contributed by atoms with Crippen LogP contribution in [0.3, 0.4) is 0 Å². The van der Waals surface area contributed by atoms with Crippen molar-refractivity contribution in [3.8, 4) is 11.8 Å². The lowest BCUT2D eigenvalue weighted by Gasteiger charge is -2.07. The molecule has 2 N–H and O–H groups in total. The average Bonchev–Trinajstić information content (AvgIpc) is 2.47. The van der Waals surface area contributed by atoms with Gasteiger partial charge in [-0.15, -0.1) is 0 Å². The molecule has 0 saturated carbocycles. The molecule has 0 fully saturated rings. The maximum atomic E-state index is 13.3. The second kappa shape index (κ2) is 9.95. The Morgan fingerprint density at radius 3 is 2.86 bits per heavy atom. The zero-order valence-corrected chi connectivity index (χ0v) is 12.4. The number of hydrogen-bond donors (Lipinski definition) is 2. The Morgan fingerprint density at radius 1 is 1.33 bits per heavy atom. The topological polar surface area (TPSA) is 49.3 Å². The molecule has 1 aromatic carbocycles. The molecule has 0 radical (unpaired) electrons. The number of carbonyl (C=O) groups excluding carboxylic acids is 1. The molecule has 0 spiro atoms.